The molecule has 7 heteroatoms. The van der Waals surface area contributed by atoms with Crippen molar-refractivity contribution in [3.63, 3.8) is 0 Å². The molecule has 0 unspecified atom stereocenters. The van der Waals surface area contributed by atoms with Crippen LogP contribution in [-0.4, -0.2) is 23.9 Å². The summed E-state index contributed by atoms with van der Waals surface area (Å²) in [5.74, 6) is -0.653. The largest absolute Gasteiger partial charge is 0.377 e. The smallest absolute Gasteiger partial charge is 0.366 e. The molecule has 0 atom stereocenters. The van der Waals surface area contributed by atoms with Crippen LogP contribution in [0, 0.1) is 4.91 Å². The van der Waals surface area contributed by atoms with Gasteiger partial charge in [-0.25, -0.2) is 4.79 Å². The highest BCUT2D eigenvalue weighted by Crippen LogP contribution is 2.15. The van der Waals surface area contributed by atoms with Crippen LogP contribution in [0.5, 0.6) is 0 Å². The van der Waals surface area contributed by atoms with Gasteiger partial charge in [-0.15, -0.1) is 0 Å². The SMILES string of the molecule is C[N+](=O)N(C(N)=O)c1cccc(C(N)=O)c1. The molecule has 16 heavy (non-hydrogen) atoms. The lowest BCUT2D eigenvalue weighted by Gasteiger charge is -2.08. The number of nitrogens with zero attached hydrogens (tertiary/aromatic N) is 2. The van der Waals surface area contributed by atoms with Crippen molar-refractivity contribution < 1.29 is 14.5 Å². The fourth-order valence-corrected chi connectivity index (χ4v) is 1.22. The standard InChI is InChI=1S/C9H10N4O3/c1-12(16)13(9(11)15)7-4-2-3-6(5-7)8(10)14/h2-5H,1H3,(H3-,10,11,14,15)/p+1. The molecular weight excluding hydrogens is 212 g/mol. The molecule has 4 N–H and O–H groups in total. The number of amides is 3. The van der Waals surface area contributed by atoms with E-state index in [1.54, 1.807) is 0 Å². The molecule has 0 aliphatic heterocycles. The van der Waals surface area contributed by atoms with Crippen LogP contribution in [-0.2, 0) is 0 Å². The lowest BCUT2D eigenvalue weighted by Crippen LogP contribution is -2.41. The van der Waals surface area contributed by atoms with Crippen LogP contribution >= 0.6 is 0 Å². The number of carbonyl (C=O) groups excluding carboxylic acids is 2. The fourth-order valence-electron chi connectivity index (χ4n) is 1.22. The van der Waals surface area contributed by atoms with Gasteiger partial charge in [0.2, 0.25) is 13.0 Å². The Morgan fingerprint density at radius 3 is 2.38 bits per heavy atom. The van der Waals surface area contributed by atoms with Gasteiger partial charge in [-0.3, -0.25) is 4.79 Å². The molecule has 0 fully saturated rings. The van der Waals surface area contributed by atoms with E-state index in [1.165, 1.54) is 24.3 Å². The van der Waals surface area contributed by atoms with Crippen molar-refractivity contribution in [3.05, 3.63) is 34.7 Å². The zero-order valence-corrected chi connectivity index (χ0v) is 8.58. The predicted octanol–water partition coefficient (Wildman–Crippen LogP) is -0.00570. The van der Waals surface area contributed by atoms with Crippen LogP contribution in [0.15, 0.2) is 24.3 Å². The van der Waals surface area contributed by atoms with E-state index in [9.17, 15) is 14.5 Å². The summed E-state index contributed by atoms with van der Waals surface area (Å²) in [4.78, 5) is 33.3. The molecule has 7 nitrogen and oxygen atoms in total. The quantitative estimate of drug-likeness (QED) is 0.555. The topological polar surface area (TPSA) is 110 Å². The zero-order chi connectivity index (χ0) is 12.3. The molecule has 0 aliphatic rings. The minimum Gasteiger partial charge on any atom is -0.366 e. The molecule has 0 heterocycles. The molecule has 0 aliphatic carbocycles. The van der Waals surface area contributed by atoms with Crippen LogP contribution in [0.3, 0.4) is 0 Å². The van der Waals surface area contributed by atoms with Gasteiger partial charge in [0, 0.05) is 5.56 Å². The number of carbonyl (C=O) groups is 2. The minimum atomic E-state index is -0.945. The summed E-state index contributed by atoms with van der Waals surface area (Å²) in [5.41, 5.74) is 10.5. The number of primary amides is 2. The van der Waals surface area contributed by atoms with Gasteiger partial charge in [0.05, 0.1) is 4.91 Å². The maximum atomic E-state index is 11.1. The second-order valence-electron chi connectivity index (χ2n) is 3.03. The molecule has 0 spiro atoms. The van der Waals surface area contributed by atoms with Crippen LogP contribution in [0.2, 0.25) is 0 Å². The van der Waals surface area contributed by atoms with E-state index in [4.69, 9.17) is 11.5 Å². The minimum absolute atomic E-state index is 0.182. The van der Waals surface area contributed by atoms with Crippen molar-refractivity contribution in [3.8, 4) is 0 Å². The van der Waals surface area contributed by atoms with Gasteiger partial charge in [0.15, 0.2) is 0 Å². The molecule has 1 aromatic carbocycles. The van der Waals surface area contributed by atoms with Gasteiger partial charge in [-0.1, -0.05) is 6.07 Å². The van der Waals surface area contributed by atoms with E-state index < -0.39 is 11.9 Å². The fraction of sp³-hybridized carbons (Fsp3) is 0.111. The van der Waals surface area contributed by atoms with Gasteiger partial charge in [-0.2, -0.15) is 0 Å². The highest BCUT2D eigenvalue weighted by atomic mass is 16.3. The van der Waals surface area contributed by atoms with Crippen molar-refractivity contribution in [2.24, 2.45) is 11.5 Å². The normalized spacial score (nSPS) is 9.56. The molecule has 1 rings (SSSR count). The van der Waals surface area contributed by atoms with Gasteiger partial charge in [-0.05, 0) is 23.2 Å². The van der Waals surface area contributed by atoms with E-state index in [1.807, 2.05) is 0 Å². The summed E-state index contributed by atoms with van der Waals surface area (Å²) in [6.07, 6.45) is 0. The zero-order valence-electron chi connectivity index (χ0n) is 8.58. The van der Waals surface area contributed by atoms with Gasteiger partial charge in [0.25, 0.3) is 0 Å². The molecule has 84 valence electrons. The first-order chi connectivity index (χ1) is 7.43. The first-order valence-corrected chi connectivity index (χ1v) is 4.33. The highest BCUT2D eigenvalue weighted by Gasteiger charge is 2.24. The van der Waals surface area contributed by atoms with Gasteiger partial charge in [0.1, 0.15) is 10.6 Å². The first-order valence-electron chi connectivity index (χ1n) is 4.33. The van der Waals surface area contributed by atoms with E-state index in [0.717, 1.165) is 7.05 Å². The van der Waals surface area contributed by atoms with Crippen molar-refractivity contribution in [2.75, 3.05) is 12.1 Å². The summed E-state index contributed by atoms with van der Waals surface area (Å²) >= 11 is 0. The molecule has 0 saturated heterocycles. The lowest BCUT2D eigenvalue weighted by molar-refractivity contribution is -0.520. The number of hydrazine groups is 1. The summed E-state index contributed by atoms with van der Waals surface area (Å²) in [7, 11) is 1.11. The highest BCUT2D eigenvalue weighted by molar-refractivity contribution is 5.95. The molecule has 0 saturated carbocycles. The molecule has 0 bridgehead atoms. The number of anilines is 1. The summed E-state index contributed by atoms with van der Waals surface area (Å²) in [6.45, 7) is 0. The summed E-state index contributed by atoms with van der Waals surface area (Å²) < 4.78 is 0. The van der Waals surface area contributed by atoms with Gasteiger partial charge < -0.3 is 11.5 Å². The third kappa shape index (κ3) is 2.32. The molecule has 1 aromatic rings. The Kier molecular flexibility index (Phi) is 3.19. The third-order valence-electron chi connectivity index (χ3n) is 1.87. The van der Waals surface area contributed by atoms with E-state index >= 15 is 0 Å². The second-order valence-corrected chi connectivity index (χ2v) is 3.03. The summed E-state index contributed by atoms with van der Waals surface area (Å²) in [6, 6.07) is 4.79. The average Bonchev–Trinajstić information content (AvgIpc) is 2.16. The Hall–Kier alpha value is -2.44. The molecule has 0 aromatic heterocycles. The molecular formula is C9H11N4O3+. The number of nitrogens with two attached hydrogens (primary N) is 2. The second kappa shape index (κ2) is 4.39. The van der Waals surface area contributed by atoms with Crippen molar-refractivity contribution in [1.82, 2.24) is 0 Å². The number of benzene rings is 1. The Morgan fingerprint density at radius 2 is 1.94 bits per heavy atom. The Bertz CT molecular complexity index is 444. The lowest BCUT2D eigenvalue weighted by atomic mass is 10.2. The van der Waals surface area contributed by atoms with Crippen LogP contribution in [0.1, 0.15) is 10.4 Å². The van der Waals surface area contributed by atoms with Crippen LogP contribution in [0.4, 0.5) is 10.5 Å². The number of hydrogen-bond acceptors (Lipinski definition) is 3. The van der Waals surface area contributed by atoms with E-state index in [2.05, 4.69) is 0 Å². The first kappa shape index (κ1) is 11.6. The predicted molar refractivity (Wildman–Crippen MR) is 56.6 cm³/mol. The van der Waals surface area contributed by atoms with Crippen molar-refractivity contribution in [1.29, 1.82) is 0 Å². The number of urea groups is 1. The maximum absolute atomic E-state index is 11.1. The monoisotopic (exact) mass is 223 g/mol. The van der Waals surface area contributed by atoms with E-state index in [0.29, 0.717) is 5.01 Å². The summed E-state index contributed by atoms with van der Waals surface area (Å²) in [5, 5.41) is 0.673. The van der Waals surface area contributed by atoms with Gasteiger partial charge >= 0.3 is 6.03 Å². The average molecular weight is 223 g/mol. The molecule has 0 radical (unpaired) electrons. The van der Waals surface area contributed by atoms with Crippen LogP contribution < -0.4 is 16.5 Å². The van der Waals surface area contributed by atoms with E-state index in [-0.39, 0.29) is 16.1 Å². The third-order valence-corrected chi connectivity index (χ3v) is 1.87. The van der Waals surface area contributed by atoms with Crippen molar-refractivity contribution in [2.45, 2.75) is 0 Å². The van der Waals surface area contributed by atoms with Crippen molar-refractivity contribution >= 4 is 17.6 Å². The Balaban J connectivity index is 3.20. The number of nitroso groups, excluding NO2 is 1. The van der Waals surface area contributed by atoms with Crippen LogP contribution in [0.25, 0.3) is 0 Å². The number of rotatable bonds is 3. The molecule has 3 amide bonds. The number of hydrogen-bond donors (Lipinski definition) is 2. The maximum Gasteiger partial charge on any atom is 0.377 e. The Labute approximate surface area is 91.2 Å². The Morgan fingerprint density at radius 1 is 1.31 bits per heavy atom.